The number of phenolic OH excluding ortho intramolecular Hbond substituents is 1. The van der Waals surface area contributed by atoms with Gasteiger partial charge in [0, 0.05) is 10.4 Å². The fourth-order valence-electron chi connectivity index (χ4n) is 5.87. The summed E-state index contributed by atoms with van der Waals surface area (Å²) in [5.74, 6) is 4.96. The van der Waals surface area contributed by atoms with Crippen LogP contribution in [0, 0.1) is 30.6 Å². The minimum atomic E-state index is 0.226. The molecule has 1 N–H and O–H groups in total. The molecule has 1 atom stereocenters. The Labute approximate surface area is 136 Å². The number of rotatable bonds is 2. The van der Waals surface area contributed by atoms with Gasteiger partial charge in [0.1, 0.15) is 5.75 Å². The third kappa shape index (κ3) is 2.17. The van der Waals surface area contributed by atoms with Crippen LogP contribution in [0.15, 0.2) is 12.1 Å². The predicted octanol–water partition coefficient (Wildman–Crippen LogP) is 5.70. The summed E-state index contributed by atoms with van der Waals surface area (Å²) in [6.07, 6.45) is 7.23. The maximum absolute atomic E-state index is 10.6. The minimum absolute atomic E-state index is 0.226. The van der Waals surface area contributed by atoms with Crippen molar-refractivity contribution in [2.45, 2.75) is 56.7 Å². The van der Waals surface area contributed by atoms with Crippen molar-refractivity contribution in [2.24, 2.45) is 23.7 Å². The van der Waals surface area contributed by atoms with Crippen LogP contribution in [0.3, 0.4) is 0 Å². The largest absolute Gasteiger partial charge is 0.507 e. The van der Waals surface area contributed by atoms with Gasteiger partial charge in [-0.15, -0.1) is 0 Å². The Hall–Kier alpha value is -0.500. The molecule has 1 unspecified atom stereocenters. The lowest BCUT2D eigenvalue weighted by molar-refractivity contribution is -0.00310. The molecule has 0 amide bonds. The van der Waals surface area contributed by atoms with Gasteiger partial charge in [-0.1, -0.05) is 28.1 Å². The van der Waals surface area contributed by atoms with Gasteiger partial charge >= 0.3 is 0 Å². The number of hydrogen-bond donors (Lipinski definition) is 1. The molecular formula is C19H25BrO. The third-order valence-electron chi connectivity index (χ3n) is 6.44. The second kappa shape index (κ2) is 5.01. The zero-order valence-electron chi connectivity index (χ0n) is 13.0. The molecule has 0 radical (unpaired) electrons. The standard InChI is InChI=1S/C19H25BrO/c1-10-3-4-16(17(11(2)20)19(10)21)18-14-6-12-5-13(8-14)9-15(18)7-12/h3-4,11-15,18,21H,5-9H2,1-2H3. The second-order valence-electron chi connectivity index (χ2n) is 7.81. The fraction of sp³-hybridized carbons (Fsp3) is 0.684. The van der Waals surface area contributed by atoms with Gasteiger partial charge in [0.05, 0.1) is 0 Å². The van der Waals surface area contributed by atoms with Crippen LogP contribution < -0.4 is 0 Å². The van der Waals surface area contributed by atoms with E-state index >= 15 is 0 Å². The van der Waals surface area contributed by atoms with E-state index in [1.807, 2.05) is 6.92 Å². The number of phenols is 1. The van der Waals surface area contributed by atoms with Gasteiger partial charge < -0.3 is 5.11 Å². The highest BCUT2D eigenvalue weighted by atomic mass is 79.9. The Balaban J connectivity index is 1.78. The van der Waals surface area contributed by atoms with E-state index in [1.165, 1.54) is 37.7 Å². The molecule has 0 saturated heterocycles. The van der Waals surface area contributed by atoms with Gasteiger partial charge in [0.25, 0.3) is 0 Å². The van der Waals surface area contributed by atoms with Crippen LogP contribution in [0.25, 0.3) is 0 Å². The fourth-order valence-corrected chi connectivity index (χ4v) is 6.36. The molecule has 4 aliphatic rings. The van der Waals surface area contributed by atoms with Crippen molar-refractivity contribution in [1.29, 1.82) is 0 Å². The lowest BCUT2D eigenvalue weighted by Gasteiger charge is -2.55. The number of alkyl halides is 1. The predicted molar refractivity (Wildman–Crippen MR) is 90.0 cm³/mol. The molecule has 4 fully saturated rings. The molecular weight excluding hydrogens is 324 g/mol. The van der Waals surface area contributed by atoms with Crippen molar-refractivity contribution in [3.63, 3.8) is 0 Å². The normalized spacial score (nSPS) is 38.7. The summed E-state index contributed by atoms with van der Waals surface area (Å²) in [6.45, 7) is 4.16. The van der Waals surface area contributed by atoms with Crippen LogP contribution in [-0.4, -0.2) is 5.11 Å². The molecule has 0 heterocycles. The first-order chi connectivity index (χ1) is 10.0. The minimum Gasteiger partial charge on any atom is -0.507 e. The van der Waals surface area contributed by atoms with Crippen LogP contribution in [0.4, 0.5) is 0 Å². The van der Waals surface area contributed by atoms with Crippen molar-refractivity contribution in [3.05, 3.63) is 28.8 Å². The first kappa shape index (κ1) is 14.1. The Morgan fingerprint density at radius 3 is 2.14 bits per heavy atom. The lowest BCUT2D eigenvalue weighted by atomic mass is 9.50. The Morgan fingerprint density at radius 1 is 1.05 bits per heavy atom. The molecule has 1 aromatic carbocycles. The third-order valence-corrected chi connectivity index (χ3v) is 6.89. The highest BCUT2D eigenvalue weighted by Gasteiger charge is 2.49. The van der Waals surface area contributed by atoms with Crippen LogP contribution in [0.1, 0.15) is 66.5 Å². The van der Waals surface area contributed by atoms with Gasteiger partial charge in [0.2, 0.25) is 0 Å². The Bertz CT molecular complexity index is 535. The topological polar surface area (TPSA) is 20.2 Å². The smallest absolute Gasteiger partial charge is 0.123 e. The molecule has 0 spiro atoms. The highest BCUT2D eigenvalue weighted by Crippen LogP contribution is 2.61. The average Bonchev–Trinajstić information content (AvgIpc) is 2.41. The van der Waals surface area contributed by atoms with E-state index in [1.54, 1.807) is 0 Å². The first-order valence-corrected chi connectivity index (χ1v) is 9.42. The highest BCUT2D eigenvalue weighted by molar-refractivity contribution is 9.09. The van der Waals surface area contributed by atoms with E-state index in [2.05, 4.69) is 35.0 Å². The molecule has 1 aromatic rings. The number of aromatic hydroxyl groups is 1. The summed E-state index contributed by atoms with van der Waals surface area (Å²) in [7, 11) is 0. The number of aryl methyl sites for hydroxylation is 1. The van der Waals surface area contributed by atoms with Crippen molar-refractivity contribution in [2.75, 3.05) is 0 Å². The molecule has 114 valence electrons. The van der Waals surface area contributed by atoms with Crippen molar-refractivity contribution in [3.8, 4) is 5.75 Å². The van der Waals surface area contributed by atoms with Crippen LogP contribution in [0.2, 0.25) is 0 Å². The van der Waals surface area contributed by atoms with E-state index in [9.17, 15) is 5.11 Å². The summed E-state index contributed by atoms with van der Waals surface area (Å²) in [4.78, 5) is 0.226. The zero-order valence-corrected chi connectivity index (χ0v) is 14.6. The average molecular weight is 349 g/mol. The summed E-state index contributed by atoms with van der Waals surface area (Å²) in [5, 5.41) is 10.6. The Kier molecular flexibility index (Phi) is 3.37. The second-order valence-corrected chi connectivity index (χ2v) is 9.18. The van der Waals surface area contributed by atoms with E-state index in [4.69, 9.17) is 0 Å². The molecule has 0 aliphatic heterocycles. The summed E-state index contributed by atoms with van der Waals surface area (Å²) in [6, 6.07) is 4.43. The number of benzene rings is 1. The maximum atomic E-state index is 10.6. The molecule has 4 bridgehead atoms. The SMILES string of the molecule is Cc1ccc(C2C3CC4CC(C3)CC2C4)c(C(C)Br)c1O. The molecule has 1 nitrogen and oxygen atoms in total. The van der Waals surface area contributed by atoms with Gasteiger partial charge in [-0.05, 0) is 86.7 Å². The first-order valence-electron chi connectivity index (χ1n) is 8.51. The van der Waals surface area contributed by atoms with Crippen molar-refractivity contribution >= 4 is 15.9 Å². The summed E-state index contributed by atoms with van der Waals surface area (Å²) < 4.78 is 0. The quantitative estimate of drug-likeness (QED) is 0.680. The zero-order chi connectivity index (χ0) is 14.7. The monoisotopic (exact) mass is 348 g/mol. The molecule has 21 heavy (non-hydrogen) atoms. The van der Waals surface area contributed by atoms with Gasteiger partial charge in [0.15, 0.2) is 0 Å². The van der Waals surface area contributed by atoms with Crippen LogP contribution in [0.5, 0.6) is 5.75 Å². The Morgan fingerprint density at radius 2 is 1.62 bits per heavy atom. The van der Waals surface area contributed by atoms with Gasteiger partial charge in [-0.2, -0.15) is 0 Å². The van der Waals surface area contributed by atoms with Crippen molar-refractivity contribution < 1.29 is 5.11 Å². The summed E-state index contributed by atoms with van der Waals surface area (Å²) in [5.41, 5.74) is 3.60. The van der Waals surface area contributed by atoms with E-state index in [0.717, 1.165) is 34.8 Å². The van der Waals surface area contributed by atoms with E-state index in [0.29, 0.717) is 11.7 Å². The van der Waals surface area contributed by atoms with Crippen LogP contribution in [-0.2, 0) is 0 Å². The maximum Gasteiger partial charge on any atom is 0.123 e. The van der Waals surface area contributed by atoms with Crippen LogP contribution >= 0.6 is 15.9 Å². The van der Waals surface area contributed by atoms with Crippen molar-refractivity contribution in [1.82, 2.24) is 0 Å². The summed E-state index contributed by atoms with van der Waals surface area (Å²) >= 11 is 3.73. The van der Waals surface area contributed by atoms with E-state index < -0.39 is 0 Å². The van der Waals surface area contributed by atoms with E-state index in [-0.39, 0.29) is 4.83 Å². The molecule has 0 aromatic heterocycles. The van der Waals surface area contributed by atoms with Gasteiger partial charge in [-0.3, -0.25) is 0 Å². The number of hydrogen-bond acceptors (Lipinski definition) is 1. The van der Waals surface area contributed by atoms with Gasteiger partial charge in [-0.25, -0.2) is 0 Å². The molecule has 4 saturated carbocycles. The molecule has 4 aliphatic carbocycles. The molecule has 2 heteroatoms. The molecule has 5 rings (SSSR count). The number of halogens is 1. The lowest BCUT2D eigenvalue weighted by Crippen LogP contribution is -2.44.